The maximum Gasteiger partial charge on any atom is 0.303 e. The van der Waals surface area contributed by atoms with Crippen LogP contribution in [0.3, 0.4) is 0 Å². The summed E-state index contributed by atoms with van der Waals surface area (Å²) in [5, 5.41) is 10.5. The number of carbonyl (C=O) groups is 1. The maximum absolute atomic E-state index is 13.3. The Hall–Kier alpha value is -2.90. The number of piperazine rings is 1. The summed E-state index contributed by atoms with van der Waals surface area (Å²) in [6, 6.07) is 20.8. The van der Waals surface area contributed by atoms with Crippen LogP contribution < -0.4 is 4.90 Å². The first-order chi connectivity index (χ1) is 14.4. The van der Waals surface area contributed by atoms with Gasteiger partial charge < -0.3 is 10.0 Å². The van der Waals surface area contributed by atoms with Crippen LogP contribution in [0.15, 0.2) is 71.6 Å². The minimum absolute atomic E-state index is 0.115. The van der Waals surface area contributed by atoms with Gasteiger partial charge >= 0.3 is 5.97 Å². The molecule has 156 valence electrons. The Balaban J connectivity index is 1.45. The number of aryl methyl sites for hydroxylation is 1. The van der Waals surface area contributed by atoms with Gasteiger partial charge in [0.05, 0.1) is 4.90 Å². The average Bonchev–Trinajstić information content (AvgIpc) is 2.77. The van der Waals surface area contributed by atoms with E-state index >= 15 is 0 Å². The molecule has 0 saturated carbocycles. The molecule has 1 aliphatic heterocycles. The lowest BCUT2D eigenvalue weighted by atomic mass is 10.1. The molecular formula is C23H24N2O4S. The largest absolute Gasteiger partial charge is 0.481 e. The van der Waals surface area contributed by atoms with E-state index in [1.165, 1.54) is 0 Å². The highest BCUT2D eigenvalue weighted by molar-refractivity contribution is 7.89. The Morgan fingerprint density at radius 3 is 2.23 bits per heavy atom. The van der Waals surface area contributed by atoms with E-state index in [9.17, 15) is 13.2 Å². The number of rotatable bonds is 6. The summed E-state index contributed by atoms with van der Waals surface area (Å²) in [5.41, 5.74) is 2.01. The van der Waals surface area contributed by atoms with E-state index in [0.29, 0.717) is 37.5 Å². The molecule has 30 heavy (non-hydrogen) atoms. The summed E-state index contributed by atoms with van der Waals surface area (Å²) in [6.07, 6.45) is 0.622. The van der Waals surface area contributed by atoms with Crippen LogP contribution in [0.5, 0.6) is 0 Å². The zero-order valence-corrected chi connectivity index (χ0v) is 17.4. The van der Waals surface area contributed by atoms with Gasteiger partial charge in [0.1, 0.15) is 0 Å². The summed E-state index contributed by atoms with van der Waals surface area (Å²) in [4.78, 5) is 13.2. The zero-order valence-electron chi connectivity index (χ0n) is 16.6. The molecule has 0 amide bonds. The van der Waals surface area contributed by atoms with Gasteiger partial charge in [-0.25, -0.2) is 8.42 Å². The molecule has 1 N–H and O–H groups in total. The Kier molecular flexibility index (Phi) is 5.74. The number of benzene rings is 3. The van der Waals surface area contributed by atoms with Crippen LogP contribution in [0.4, 0.5) is 5.69 Å². The summed E-state index contributed by atoms with van der Waals surface area (Å²) in [6.45, 7) is 2.07. The standard InChI is InChI=1S/C23H24N2O4S/c26-23(27)13-10-18-8-11-20(12-9-18)24-14-16-25(17-15-24)30(28,29)22-7-3-5-19-4-1-2-6-21(19)22/h1-9,11-12H,10,13-17H2,(H,26,27). The van der Waals surface area contributed by atoms with Gasteiger partial charge in [-0.05, 0) is 35.6 Å². The monoisotopic (exact) mass is 424 g/mol. The van der Waals surface area contributed by atoms with Gasteiger partial charge in [-0.3, -0.25) is 4.79 Å². The van der Waals surface area contributed by atoms with E-state index in [1.54, 1.807) is 16.4 Å². The second kappa shape index (κ2) is 8.45. The normalized spacial score (nSPS) is 15.4. The molecule has 1 aliphatic rings. The second-order valence-corrected chi connectivity index (χ2v) is 9.33. The van der Waals surface area contributed by atoms with Crippen LogP contribution in [0.1, 0.15) is 12.0 Å². The number of fused-ring (bicyclic) bond motifs is 1. The number of hydrogen-bond donors (Lipinski definition) is 1. The van der Waals surface area contributed by atoms with Crippen LogP contribution in [-0.4, -0.2) is 50.0 Å². The fraction of sp³-hybridized carbons (Fsp3) is 0.261. The van der Waals surface area contributed by atoms with E-state index in [0.717, 1.165) is 22.0 Å². The molecule has 6 nitrogen and oxygen atoms in total. The molecule has 3 aromatic rings. The lowest BCUT2D eigenvalue weighted by molar-refractivity contribution is -0.136. The van der Waals surface area contributed by atoms with E-state index < -0.39 is 16.0 Å². The molecular weight excluding hydrogens is 400 g/mol. The molecule has 0 bridgehead atoms. The topological polar surface area (TPSA) is 77.9 Å². The first-order valence-electron chi connectivity index (χ1n) is 9.99. The molecule has 1 saturated heterocycles. The third kappa shape index (κ3) is 4.17. The molecule has 0 aliphatic carbocycles. The molecule has 0 radical (unpaired) electrons. The van der Waals surface area contributed by atoms with Crippen LogP contribution >= 0.6 is 0 Å². The van der Waals surface area contributed by atoms with E-state index in [2.05, 4.69) is 4.90 Å². The summed E-state index contributed by atoms with van der Waals surface area (Å²) < 4.78 is 28.1. The molecule has 0 atom stereocenters. The summed E-state index contributed by atoms with van der Waals surface area (Å²) >= 11 is 0. The highest BCUT2D eigenvalue weighted by Crippen LogP contribution is 2.27. The van der Waals surface area contributed by atoms with Crippen molar-refractivity contribution in [3.05, 3.63) is 72.3 Å². The maximum atomic E-state index is 13.3. The van der Waals surface area contributed by atoms with Crippen molar-refractivity contribution in [2.24, 2.45) is 0 Å². The molecule has 0 aromatic heterocycles. The minimum Gasteiger partial charge on any atom is -0.481 e. The average molecular weight is 425 g/mol. The Morgan fingerprint density at radius 2 is 1.53 bits per heavy atom. The highest BCUT2D eigenvalue weighted by Gasteiger charge is 2.29. The fourth-order valence-electron chi connectivity index (χ4n) is 3.87. The molecule has 7 heteroatoms. The molecule has 0 unspecified atom stereocenters. The summed E-state index contributed by atoms with van der Waals surface area (Å²) in [7, 11) is -3.57. The van der Waals surface area contributed by atoms with Crippen LogP contribution in [-0.2, 0) is 21.2 Å². The van der Waals surface area contributed by atoms with Crippen molar-refractivity contribution in [1.82, 2.24) is 4.31 Å². The molecule has 1 fully saturated rings. The quantitative estimate of drug-likeness (QED) is 0.657. The number of carboxylic acids is 1. The van der Waals surface area contributed by atoms with Crippen molar-refractivity contribution in [1.29, 1.82) is 0 Å². The van der Waals surface area contributed by atoms with Gasteiger partial charge in [0, 0.05) is 43.7 Å². The number of carboxylic acid groups (broad SMARTS) is 1. The van der Waals surface area contributed by atoms with Gasteiger partial charge in [0.2, 0.25) is 10.0 Å². The fourth-order valence-corrected chi connectivity index (χ4v) is 5.51. The predicted octanol–water partition coefficient (Wildman–Crippen LogP) is 3.37. The predicted molar refractivity (Wildman–Crippen MR) is 117 cm³/mol. The van der Waals surface area contributed by atoms with Crippen molar-refractivity contribution < 1.29 is 18.3 Å². The Bertz CT molecular complexity index is 1150. The molecule has 3 aromatic carbocycles. The summed E-state index contributed by atoms with van der Waals surface area (Å²) in [5.74, 6) is -0.803. The van der Waals surface area contributed by atoms with Gasteiger partial charge in [0.25, 0.3) is 0 Å². The third-order valence-corrected chi connectivity index (χ3v) is 7.49. The number of anilines is 1. The lowest BCUT2D eigenvalue weighted by Gasteiger charge is -2.35. The van der Waals surface area contributed by atoms with Crippen LogP contribution in [0, 0.1) is 0 Å². The van der Waals surface area contributed by atoms with E-state index in [1.807, 2.05) is 54.6 Å². The van der Waals surface area contributed by atoms with Crippen molar-refractivity contribution in [2.75, 3.05) is 31.1 Å². The van der Waals surface area contributed by atoms with Crippen LogP contribution in [0.2, 0.25) is 0 Å². The van der Waals surface area contributed by atoms with Gasteiger partial charge in [-0.1, -0.05) is 48.5 Å². The lowest BCUT2D eigenvalue weighted by Crippen LogP contribution is -2.48. The first kappa shape index (κ1) is 20.4. The first-order valence-corrected chi connectivity index (χ1v) is 11.4. The smallest absolute Gasteiger partial charge is 0.303 e. The zero-order chi connectivity index (χ0) is 21.1. The van der Waals surface area contributed by atoms with E-state index in [4.69, 9.17) is 5.11 Å². The third-order valence-electron chi connectivity index (χ3n) is 5.54. The Morgan fingerprint density at radius 1 is 0.867 bits per heavy atom. The highest BCUT2D eigenvalue weighted by atomic mass is 32.2. The Labute approximate surface area is 176 Å². The molecule has 1 heterocycles. The van der Waals surface area contributed by atoms with Crippen molar-refractivity contribution in [3.63, 3.8) is 0 Å². The number of aliphatic carboxylic acids is 1. The molecule has 0 spiro atoms. The van der Waals surface area contributed by atoms with Gasteiger partial charge in [-0.2, -0.15) is 4.31 Å². The van der Waals surface area contributed by atoms with Gasteiger partial charge in [-0.15, -0.1) is 0 Å². The number of sulfonamides is 1. The molecule has 4 rings (SSSR count). The van der Waals surface area contributed by atoms with Crippen molar-refractivity contribution in [2.45, 2.75) is 17.7 Å². The van der Waals surface area contributed by atoms with Gasteiger partial charge in [0.15, 0.2) is 0 Å². The SMILES string of the molecule is O=C(O)CCc1ccc(N2CCN(S(=O)(=O)c3cccc4ccccc34)CC2)cc1. The number of hydrogen-bond acceptors (Lipinski definition) is 4. The number of nitrogens with zero attached hydrogens (tertiary/aromatic N) is 2. The minimum atomic E-state index is -3.57. The van der Waals surface area contributed by atoms with E-state index in [-0.39, 0.29) is 6.42 Å². The second-order valence-electron chi connectivity index (χ2n) is 7.43. The van der Waals surface area contributed by atoms with Crippen molar-refractivity contribution in [3.8, 4) is 0 Å². The van der Waals surface area contributed by atoms with Crippen molar-refractivity contribution >= 4 is 32.5 Å². The van der Waals surface area contributed by atoms with Crippen LogP contribution in [0.25, 0.3) is 10.8 Å².